The standard InChI is InChI=1S/C20H29N5O3/c1-3-17(14-24-7-5-21-15-24)22-19(26)18-16(2)4-6-25(20(18)27)9-8-23-10-12-28-13-11-23/h4-7,15,17H,3,8-14H2,1-2H3,(H,22,26). The van der Waals surface area contributed by atoms with Crippen molar-refractivity contribution in [1.82, 2.24) is 24.3 Å². The Morgan fingerprint density at radius 2 is 2.07 bits per heavy atom. The molecule has 1 fully saturated rings. The Kier molecular flexibility index (Phi) is 7.00. The van der Waals surface area contributed by atoms with E-state index in [2.05, 4.69) is 15.2 Å². The molecule has 0 spiro atoms. The smallest absolute Gasteiger partial charge is 0.263 e. The average molecular weight is 387 g/mol. The van der Waals surface area contributed by atoms with Crippen LogP contribution in [0.25, 0.3) is 0 Å². The van der Waals surface area contributed by atoms with Gasteiger partial charge in [0, 0.05) is 57.4 Å². The Labute approximate surface area is 165 Å². The molecule has 0 aliphatic carbocycles. The van der Waals surface area contributed by atoms with Crippen LogP contribution in [-0.4, -0.2) is 63.8 Å². The van der Waals surface area contributed by atoms with E-state index in [4.69, 9.17) is 4.74 Å². The minimum absolute atomic E-state index is 0.0671. The molecule has 0 aromatic carbocycles. The minimum atomic E-state index is -0.310. The number of aryl methyl sites for hydroxylation is 1. The average Bonchev–Trinajstić information content (AvgIpc) is 3.21. The maximum Gasteiger partial charge on any atom is 0.263 e. The second kappa shape index (κ2) is 9.66. The minimum Gasteiger partial charge on any atom is -0.379 e. The molecule has 2 aromatic heterocycles. The molecule has 1 aliphatic heterocycles. The molecule has 152 valence electrons. The molecule has 0 radical (unpaired) electrons. The van der Waals surface area contributed by atoms with Gasteiger partial charge in [-0.15, -0.1) is 0 Å². The molecule has 0 bridgehead atoms. The number of pyridine rings is 1. The Hall–Kier alpha value is -2.45. The summed E-state index contributed by atoms with van der Waals surface area (Å²) >= 11 is 0. The lowest BCUT2D eigenvalue weighted by Gasteiger charge is -2.26. The second-order valence-corrected chi connectivity index (χ2v) is 7.16. The zero-order valence-corrected chi connectivity index (χ0v) is 16.6. The van der Waals surface area contributed by atoms with E-state index in [1.807, 2.05) is 23.8 Å². The van der Waals surface area contributed by atoms with Crippen LogP contribution >= 0.6 is 0 Å². The first-order valence-electron chi connectivity index (χ1n) is 9.85. The lowest BCUT2D eigenvalue weighted by molar-refractivity contribution is 0.0362. The molecular formula is C20H29N5O3. The first-order chi connectivity index (χ1) is 13.6. The molecule has 1 saturated heterocycles. The van der Waals surface area contributed by atoms with Crippen molar-refractivity contribution >= 4 is 5.91 Å². The van der Waals surface area contributed by atoms with Crippen LogP contribution in [0, 0.1) is 6.92 Å². The molecule has 1 N–H and O–H groups in total. The van der Waals surface area contributed by atoms with Crippen LogP contribution in [0.1, 0.15) is 29.3 Å². The van der Waals surface area contributed by atoms with Crippen molar-refractivity contribution in [1.29, 1.82) is 0 Å². The van der Waals surface area contributed by atoms with Gasteiger partial charge in [0.05, 0.1) is 19.5 Å². The van der Waals surface area contributed by atoms with E-state index in [-0.39, 0.29) is 23.1 Å². The van der Waals surface area contributed by atoms with E-state index in [1.54, 1.807) is 30.2 Å². The van der Waals surface area contributed by atoms with Gasteiger partial charge in [-0.25, -0.2) is 4.98 Å². The highest BCUT2D eigenvalue weighted by molar-refractivity contribution is 5.95. The summed E-state index contributed by atoms with van der Waals surface area (Å²) in [5.41, 5.74) is 0.694. The number of nitrogens with zero attached hydrogens (tertiary/aromatic N) is 4. The number of morpholine rings is 1. The van der Waals surface area contributed by atoms with Gasteiger partial charge >= 0.3 is 0 Å². The van der Waals surface area contributed by atoms with Crippen LogP contribution in [0.4, 0.5) is 0 Å². The summed E-state index contributed by atoms with van der Waals surface area (Å²) in [4.78, 5) is 32.1. The summed E-state index contributed by atoms with van der Waals surface area (Å²) < 4.78 is 8.91. The fourth-order valence-electron chi connectivity index (χ4n) is 3.37. The van der Waals surface area contributed by atoms with Gasteiger partial charge in [0.2, 0.25) is 0 Å². The van der Waals surface area contributed by atoms with Gasteiger partial charge in [0.1, 0.15) is 5.56 Å². The number of carbonyl (C=O) groups excluding carboxylic acids is 1. The lowest BCUT2D eigenvalue weighted by Crippen LogP contribution is -2.42. The van der Waals surface area contributed by atoms with E-state index < -0.39 is 0 Å². The van der Waals surface area contributed by atoms with Crippen LogP contribution < -0.4 is 10.9 Å². The number of hydrogen-bond acceptors (Lipinski definition) is 5. The molecule has 1 unspecified atom stereocenters. The molecule has 8 nitrogen and oxygen atoms in total. The molecule has 0 saturated carbocycles. The van der Waals surface area contributed by atoms with Crippen LogP contribution in [0.3, 0.4) is 0 Å². The fourth-order valence-corrected chi connectivity index (χ4v) is 3.37. The maximum absolute atomic E-state index is 12.9. The molecule has 28 heavy (non-hydrogen) atoms. The Bertz CT molecular complexity index is 825. The summed E-state index contributed by atoms with van der Waals surface area (Å²) in [7, 11) is 0. The highest BCUT2D eigenvalue weighted by atomic mass is 16.5. The third kappa shape index (κ3) is 5.08. The Morgan fingerprint density at radius 1 is 1.29 bits per heavy atom. The van der Waals surface area contributed by atoms with Gasteiger partial charge in [-0.3, -0.25) is 14.5 Å². The third-order valence-corrected chi connectivity index (χ3v) is 5.18. The van der Waals surface area contributed by atoms with Crippen LogP contribution in [-0.2, 0) is 17.8 Å². The van der Waals surface area contributed by atoms with E-state index in [0.29, 0.717) is 18.7 Å². The van der Waals surface area contributed by atoms with E-state index in [0.717, 1.165) is 39.3 Å². The zero-order chi connectivity index (χ0) is 19.9. The number of amides is 1. The van der Waals surface area contributed by atoms with Gasteiger partial charge in [0.15, 0.2) is 0 Å². The van der Waals surface area contributed by atoms with Gasteiger partial charge < -0.3 is 19.2 Å². The largest absolute Gasteiger partial charge is 0.379 e. The third-order valence-electron chi connectivity index (χ3n) is 5.18. The number of aromatic nitrogens is 3. The number of ether oxygens (including phenoxy) is 1. The number of carbonyl (C=O) groups is 1. The van der Waals surface area contributed by atoms with Gasteiger partial charge in [-0.05, 0) is 25.0 Å². The summed E-state index contributed by atoms with van der Waals surface area (Å²) in [6, 6.07) is 1.77. The van der Waals surface area contributed by atoms with Crippen LogP contribution in [0.5, 0.6) is 0 Å². The summed E-state index contributed by atoms with van der Waals surface area (Å²) in [5.74, 6) is -0.310. The number of rotatable bonds is 8. The first-order valence-corrected chi connectivity index (χ1v) is 9.85. The molecule has 3 rings (SSSR count). The number of hydrogen-bond donors (Lipinski definition) is 1. The van der Waals surface area contributed by atoms with E-state index in [9.17, 15) is 9.59 Å². The van der Waals surface area contributed by atoms with E-state index in [1.165, 1.54) is 0 Å². The monoisotopic (exact) mass is 387 g/mol. The van der Waals surface area contributed by atoms with E-state index >= 15 is 0 Å². The number of nitrogens with one attached hydrogen (secondary N) is 1. The van der Waals surface area contributed by atoms with Crippen molar-refractivity contribution in [3.05, 3.63) is 52.5 Å². The van der Waals surface area contributed by atoms with Crippen molar-refractivity contribution in [3.8, 4) is 0 Å². The predicted octanol–water partition coefficient (Wildman–Crippen LogP) is 0.894. The quantitative estimate of drug-likeness (QED) is 0.728. The normalized spacial score (nSPS) is 16.1. The van der Waals surface area contributed by atoms with Crippen molar-refractivity contribution in [2.75, 3.05) is 32.8 Å². The van der Waals surface area contributed by atoms with Crippen LogP contribution in [0.2, 0.25) is 0 Å². The summed E-state index contributed by atoms with van der Waals surface area (Å²) in [6.45, 7) is 8.98. The molecule has 1 atom stereocenters. The van der Waals surface area contributed by atoms with Gasteiger partial charge in [-0.1, -0.05) is 6.92 Å². The molecule has 1 aliphatic rings. The molecule has 8 heteroatoms. The van der Waals surface area contributed by atoms with Crippen LogP contribution in [0.15, 0.2) is 35.8 Å². The highest BCUT2D eigenvalue weighted by Crippen LogP contribution is 2.05. The van der Waals surface area contributed by atoms with Crippen molar-refractivity contribution in [2.24, 2.45) is 0 Å². The highest BCUT2D eigenvalue weighted by Gasteiger charge is 2.19. The van der Waals surface area contributed by atoms with Gasteiger partial charge in [-0.2, -0.15) is 0 Å². The SMILES string of the molecule is CCC(Cn1ccnc1)NC(=O)c1c(C)ccn(CCN2CCOCC2)c1=O. The first kappa shape index (κ1) is 20.3. The molecule has 2 aromatic rings. The summed E-state index contributed by atoms with van der Waals surface area (Å²) in [6.07, 6.45) is 7.84. The number of imidazole rings is 1. The lowest BCUT2D eigenvalue weighted by atomic mass is 10.1. The summed E-state index contributed by atoms with van der Waals surface area (Å²) in [5, 5.41) is 3.01. The maximum atomic E-state index is 12.9. The Morgan fingerprint density at radius 3 is 2.75 bits per heavy atom. The predicted molar refractivity (Wildman–Crippen MR) is 106 cm³/mol. The van der Waals surface area contributed by atoms with Crippen molar-refractivity contribution in [2.45, 2.75) is 39.4 Å². The topological polar surface area (TPSA) is 81.4 Å². The van der Waals surface area contributed by atoms with Crippen molar-refractivity contribution < 1.29 is 9.53 Å². The zero-order valence-electron chi connectivity index (χ0n) is 16.6. The molecule has 1 amide bonds. The molecule has 3 heterocycles. The fraction of sp³-hybridized carbons (Fsp3) is 0.550. The van der Waals surface area contributed by atoms with Gasteiger partial charge in [0.25, 0.3) is 11.5 Å². The Balaban J connectivity index is 1.69. The van der Waals surface area contributed by atoms with Crippen molar-refractivity contribution in [3.63, 3.8) is 0 Å². The molecular weight excluding hydrogens is 358 g/mol. The second-order valence-electron chi connectivity index (χ2n) is 7.16.